The fraction of sp³-hybridized carbons (Fsp3) is 0.312. The SMILES string of the molecule is FC(F)(F)c1nnc2ccc(NCC3CCOc4ccccc43)nn12. The zero-order valence-corrected chi connectivity index (χ0v) is 13.0. The van der Waals surface area contributed by atoms with E-state index in [0.717, 1.165) is 17.7 Å². The van der Waals surface area contributed by atoms with Gasteiger partial charge in [-0.1, -0.05) is 18.2 Å². The predicted molar refractivity (Wildman–Crippen MR) is 83.6 cm³/mol. The summed E-state index contributed by atoms with van der Waals surface area (Å²) in [6.45, 7) is 1.15. The Labute approximate surface area is 140 Å². The Hall–Kier alpha value is -2.84. The number of ether oxygens (including phenoxy) is 1. The summed E-state index contributed by atoms with van der Waals surface area (Å²) in [5.41, 5.74) is 1.14. The van der Waals surface area contributed by atoms with Crippen LogP contribution in [0.15, 0.2) is 36.4 Å². The first-order valence-corrected chi connectivity index (χ1v) is 7.77. The maximum Gasteiger partial charge on any atom is 0.453 e. The summed E-state index contributed by atoms with van der Waals surface area (Å²) in [4.78, 5) is 0. The highest BCUT2D eigenvalue weighted by atomic mass is 19.4. The largest absolute Gasteiger partial charge is 0.493 e. The zero-order chi connectivity index (χ0) is 17.4. The quantitative estimate of drug-likeness (QED) is 0.787. The molecule has 1 aromatic carbocycles. The lowest BCUT2D eigenvalue weighted by molar-refractivity contribution is -0.146. The number of nitrogens with zero attached hydrogens (tertiary/aromatic N) is 4. The lowest BCUT2D eigenvalue weighted by Gasteiger charge is -2.26. The van der Waals surface area contributed by atoms with Crippen molar-refractivity contribution in [2.24, 2.45) is 0 Å². The second-order valence-corrected chi connectivity index (χ2v) is 5.76. The second kappa shape index (κ2) is 5.91. The number of aromatic nitrogens is 4. The minimum atomic E-state index is -4.61. The fourth-order valence-corrected chi connectivity index (χ4v) is 2.92. The van der Waals surface area contributed by atoms with Gasteiger partial charge < -0.3 is 10.1 Å². The number of halogens is 3. The third kappa shape index (κ3) is 2.97. The van der Waals surface area contributed by atoms with Gasteiger partial charge in [0.25, 0.3) is 5.82 Å². The Bertz CT molecular complexity index is 908. The van der Waals surface area contributed by atoms with Gasteiger partial charge in [0, 0.05) is 12.5 Å². The van der Waals surface area contributed by atoms with E-state index >= 15 is 0 Å². The first kappa shape index (κ1) is 15.7. The molecular formula is C16H14F3N5O. The average molecular weight is 349 g/mol. The minimum absolute atomic E-state index is 0.0503. The van der Waals surface area contributed by atoms with E-state index in [2.05, 4.69) is 20.6 Å². The molecule has 6 nitrogen and oxygen atoms in total. The van der Waals surface area contributed by atoms with E-state index in [0.29, 0.717) is 23.5 Å². The number of anilines is 1. The number of fused-ring (bicyclic) bond motifs is 2. The van der Waals surface area contributed by atoms with Gasteiger partial charge >= 0.3 is 6.18 Å². The number of hydrogen-bond donors (Lipinski definition) is 1. The van der Waals surface area contributed by atoms with E-state index in [1.54, 1.807) is 6.07 Å². The van der Waals surface area contributed by atoms with Crippen molar-refractivity contribution in [2.75, 3.05) is 18.5 Å². The van der Waals surface area contributed by atoms with E-state index in [4.69, 9.17) is 4.74 Å². The molecule has 1 aliphatic rings. The average Bonchev–Trinajstić information content (AvgIpc) is 3.03. The molecule has 1 aliphatic heterocycles. The first-order valence-electron chi connectivity index (χ1n) is 7.77. The smallest absolute Gasteiger partial charge is 0.453 e. The van der Waals surface area contributed by atoms with Crippen LogP contribution in [0, 0.1) is 0 Å². The highest BCUT2D eigenvalue weighted by Gasteiger charge is 2.37. The van der Waals surface area contributed by atoms with Gasteiger partial charge in [0.05, 0.1) is 6.61 Å². The van der Waals surface area contributed by atoms with Gasteiger partial charge in [0.15, 0.2) is 5.65 Å². The fourth-order valence-electron chi connectivity index (χ4n) is 2.92. The molecule has 0 saturated carbocycles. The first-order chi connectivity index (χ1) is 12.0. The van der Waals surface area contributed by atoms with Crippen LogP contribution in [-0.2, 0) is 6.18 Å². The van der Waals surface area contributed by atoms with Crippen LogP contribution in [-0.4, -0.2) is 33.0 Å². The molecule has 25 heavy (non-hydrogen) atoms. The molecule has 3 heterocycles. The molecular weight excluding hydrogens is 335 g/mol. The molecule has 1 N–H and O–H groups in total. The summed E-state index contributed by atoms with van der Waals surface area (Å²) >= 11 is 0. The highest BCUT2D eigenvalue weighted by Crippen LogP contribution is 2.33. The van der Waals surface area contributed by atoms with E-state index < -0.39 is 12.0 Å². The Morgan fingerprint density at radius 2 is 2.00 bits per heavy atom. The summed E-state index contributed by atoms with van der Waals surface area (Å²) in [6, 6.07) is 10.8. The third-order valence-electron chi connectivity index (χ3n) is 4.13. The van der Waals surface area contributed by atoms with Crippen LogP contribution in [0.1, 0.15) is 23.7 Å². The molecule has 0 saturated heterocycles. The van der Waals surface area contributed by atoms with Crippen LogP contribution >= 0.6 is 0 Å². The highest BCUT2D eigenvalue weighted by molar-refractivity contribution is 5.45. The summed E-state index contributed by atoms with van der Waals surface area (Å²) in [6.07, 6.45) is -3.78. The molecule has 4 rings (SSSR count). The maximum atomic E-state index is 12.9. The van der Waals surface area contributed by atoms with Crippen LogP contribution in [0.4, 0.5) is 19.0 Å². The van der Waals surface area contributed by atoms with Gasteiger partial charge in [0.1, 0.15) is 11.6 Å². The van der Waals surface area contributed by atoms with Gasteiger partial charge in [-0.25, -0.2) is 0 Å². The van der Waals surface area contributed by atoms with Crippen molar-refractivity contribution in [3.63, 3.8) is 0 Å². The number of benzene rings is 1. The molecule has 3 aromatic rings. The number of hydrogen-bond acceptors (Lipinski definition) is 5. The summed E-state index contributed by atoms with van der Waals surface area (Å²) in [5.74, 6) is 0.247. The van der Waals surface area contributed by atoms with Crippen molar-refractivity contribution in [3.05, 3.63) is 47.8 Å². The van der Waals surface area contributed by atoms with E-state index in [1.165, 1.54) is 6.07 Å². The molecule has 0 aliphatic carbocycles. The second-order valence-electron chi connectivity index (χ2n) is 5.76. The topological polar surface area (TPSA) is 64.3 Å². The van der Waals surface area contributed by atoms with Crippen molar-refractivity contribution >= 4 is 11.5 Å². The van der Waals surface area contributed by atoms with Crippen molar-refractivity contribution in [1.82, 2.24) is 19.8 Å². The van der Waals surface area contributed by atoms with Gasteiger partial charge in [-0.15, -0.1) is 15.3 Å². The summed E-state index contributed by atoms with van der Waals surface area (Å²) in [7, 11) is 0. The molecule has 9 heteroatoms. The molecule has 0 spiro atoms. The number of nitrogens with one attached hydrogen (secondary N) is 1. The van der Waals surface area contributed by atoms with Crippen LogP contribution < -0.4 is 10.1 Å². The van der Waals surface area contributed by atoms with Gasteiger partial charge in [-0.3, -0.25) is 0 Å². The molecule has 130 valence electrons. The van der Waals surface area contributed by atoms with Crippen LogP contribution in [0.3, 0.4) is 0 Å². The Balaban J connectivity index is 1.56. The third-order valence-corrected chi connectivity index (χ3v) is 4.13. The monoisotopic (exact) mass is 349 g/mol. The number of rotatable bonds is 3. The van der Waals surface area contributed by atoms with Crippen LogP contribution in [0.25, 0.3) is 5.65 Å². The molecule has 2 aromatic heterocycles. The lowest BCUT2D eigenvalue weighted by atomic mass is 9.93. The Kier molecular flexibility index (Phi) is 3.70. The lowest BCUT2D eigenvalue weighted by Crippen LogP contribution is -2.21. The summed E-state index contributed by atoms with van der Waals surface area (Å²) < 4.78 is 45.1. The van der Waals surface area contributed by atoms with Crippen LogP contribution in [0.2, 0.25) is 0 Å². The Morgan fingerprint density at radius 1 is 1.16 bits per heavy atom. The standard InChI is InChI=1S/C16H14F3N5O/c17-16(18,19)15-22-21-14-6-5-13(23-24(14)15)20-9-10-7-8-25-12-4-2-1-3-11(10)12/h1-6,10H,7-9H2,(H,20,23). The van der Waals surface area contributed by atoms with Crippen molar-refractivity contribution in [1.29, 1.82) is 0 Å². The van der Waals surface area contributed by atoms with Gasteiger partial charge in [-0.2, -0.15) is 17.7 Å². The van der Waals surface area contributed by atoms with E-state index in [9.17, 15) is 13.2 Å². The molecule has 0 radical (unpaired) electrons. The van der Waals surface area contributed by atoms with Crippen molar-refractivity contribution in [2.45, 2.75) is 18.5 Å². The number of para-hydroxylation sites is 1. The number of alkyl halides is 3. The van der Waals surface area contributed by atoms with E-state index in [-0.39, 0.29) is 11.6 Å². The van der Waals surface area contributed by atoms with Crippen molar-refractivity contribution in [3.8, 4) is 5.75 Å². The van der Waals surface area contributed by atoms with Gasteiger partial charge in [-0.05, 0) is 30.2 Å². The Morgan fingerprint density at radius 3 is 2.84 bits per heavy atom. The van der Waals surface area contributed by atoms with Gasteiger partial charge in [0.2, 0.25) is 0 Å². The molecule has 1 atom stereocenters. The molecule has 0 bridgehead atoms. The zero-order valence-electron chi connectivity index (χ0n) is 13.0. The minimum Gasteiger partial charge on any atom is -0.493 e. The van der Waals surface area contributed by atoms with E-state index in [1.807, 2.05) is 24.3 Å². The predicted octanol–water partition coefficient (Wildman–Crippen LogP) is 3.12. The molecule has 1 unspecified atom stereocenters. The molecule has 0 fully saturated rings. The molecule has 0 amide bonds. The summed E-state index contributed by atoms with van der Waals surface area (Å²) in [5, 5.41) is 13.7. The maximum absolute atomic E-state index is 12.9. The van der Waals surface area contributed by atoms with Crippen LogP contribution in [0.5, 0.6) is 5.75 Å². The van der Waals surface area contributed by atoms with Crippen molar-refractivity contribution < 1.29 is 17.9 Å². The normalized spacial score (nSPS) is 17.2.